The summed E-state index contributed by atoms with van der Waals surface area (Å²) in [5, 5.41) is 6.13. The number of ether oxygens (including phenoxy) is 1. The number of carbonyl (C=O) groups is 1. The molecule has 0 N–H and O–H groups in total. The molecule has 5 heteroatoms. The van der Waals surface area contributed by atoms with E-state index in [0.29, 0.717) is 18.7 Å². The number of fused-ring (bicyclic) bond motifs is 3. The first-order valence-corrected chi connectivity index (χ1v) is 7.83. The molecule has 1 unspecified atom stereocenters. The first-order valence-electron chi connectivity index (χ1n) is 7.83. The van der Waals surface area contributed by atoms with E-state index in [2.05, 4.69) is 23.1 Å². The maximum absolute atomic E-state index is 12.6. The SMILES string of the molecule is CCc1cccc2c1OCC1CN(C(=O)c3cccnc3)N=C21. The Morgan fingerprint density at radius 1 is 1.35 bits per heavy atom. The smallest absolute Gasteiger partial charge is 0.275 e. The van der Waals surface area contributed by atoms with Crippen LogP contribution in [0.25, 0.3) is 0 Å². The van der Waals surface area contributed by atoms with Crippen LogP contribution in [-0.2, 0) is 6.42 Å². The normalized spacial score (nSPS) is 18.7. The fourth-order valence-electron chi connectivity index (χ4n) is 3.14. The number of aryl methyl sites for hydroxylation is 1. The zero-order chi connectivity index (χ0) is 15.8. The lowest BCUT2D eigenvalue weighted by Crippen LogP contribution is -2.31. The number of benzene rings is 1. The largest absolute Gasteiger partial charge is 0.492 e. The highest BCUT2D eigenvalue weighted by Gasteiger charge is 2.36. The molecule has 0 saturated heterocycles. The van der Waals surface area contributed by atoms with Crippen LogP contribution in [0.2, 0.25) is 0 Å². The van der Waals surface area contributed by atoms with Gasteiger partial charge in [0, 0.05) is 18.0 Å². The molecule has 0 saturated carbocycles. The van der Waals surface area contributed by atoms with E-state index in [4.69, 9.17) is 4.74 Å². The highest BCUT2D eigenvalue weighted by atomic mass is 16.5. The van der Waals surface area contributed by atoms with Crippen molar-refractivity contribution in [2.75, 3.05) is 13.2 Å². The molecule has 23 heavy (non-hydrogen) atoms. The van der Waals surface area contributed by atoms with Crippen molar-refractivity contribution in [2.24, 2.45) is 11.0 Å². The Morgan fingerprint density at radius 2 is 2.26 bits per heavy atom. The van der Waals surface area contributed by atoms with Crippen molar-refractivity contribution in [1.82, 2.24) is 9.99 Å². The molecule has 2 aliphatic rings. The topological polar surface area (TPSA) is 54.8 Å². The van der Waals surface area contributed by atoms with E-state index >= 15 is 0 Å². The predicted octanol–water partition coefficient (Wildman–Crippen LogP) is 2.51. The molecule has 5 nitrogen and oxygen atoms in total. The number of carbonyl (C=O) groups excluding carboxylic acids is 1. The van der Waals surface area contributed by atoms with Gasteiger partial charge in [-0.3, -0.25) is 9.78 Å². The van der Waals surface area contributed by atoms with Crippen LogP contribution in [0.3, 0.4) is 0 Å². The summed E-state index contributed by atoms with van der Waals surface area (Å²) in [6, 6.07) is 9.65. The number of nitrogens with zero attached hydrogens (tertiary/aromatic N) is 3. The minimum Gasteiger partial charge on any atom is -0.492 e. The van der Waals surface area contributed by atoms with Crippen LogP contribution >= 0.6 is 0 Å². The van der Waals surface area contributed by atoms with Crippen molar-refractivity contribution in [3.8, 4) is 5.75 Å². The van der Waals surface area contributed by atoms with Gasteiger partial charge in [-0.2, -0.15) is 5.10 Å². The molecule has 4 rings (SSSR count). The standard InChI is InChI=1S/C18H17N3O2/c1-2-12-5-3-7-15-16-14(11-23-17(12)15)10-21(20-16)18(22)13-6-4-8-19-9-13/h3-9,14H,2,10-11H2,1H3. The monoisotopic (exact) mass is 307 g/mol. The number of hydrogen-bond acceptors (Lipinski definition) is 4. The maximum Gasteiger partial charge on any atom is 0.275 e. The molecular weight excluding hydrogens is 290 g/mol. The van der Waals surface area contributed by atoms with Gasteiger partial charge in [-0.05, 0) is 30.2 Å². The second-order valence-corrected chi connectivity index (χ2v) is 5.77. The summed E-state index contributed by atoms with van der Waals surface area (Å²) in [5.41, 5.74) is 3.71. The van der Waals surface area contributed by atoms with Crippen LogP contribution in [0.1, 0.15) is 28.4 Å². The van der Waals surface area contributed by atoms with E-state index < -0.39 is 0 Å². The molecule has 3 heterocycles. The lowest BCUT2D eigenvalue weighted by atomic mass is 9.92. The molecular formula is C18H17N3O2. The highest BCUT2D eigenvalue weighted by molar-refractivity contribution is 6.08. The molecule has 0 radical (unpaired) electrons. The summed E-state index contributed by atoms with van der Waals surface area (Å²) in [5.74, 6) is 0.934. The first kappa shape index (κ1) is 13.9. The van der Waals surface area contributed by atoms with Gasteiger partial charge in [0.15, 0.2) is 0 Å². The van der Waals surface area contributed by atoms with Crippen LogP contribution in [0.4, 0.5) is 0 Å². The van der Waals surface area contributed by atoms with E-state index in [1.165, 1.54) is 10.6 Å². The molecule has 0 spiro atoms. The van der Waals surface area contributed by atoms with Gasteiger partial charge in [0.05, 0.1) is 30.3 Å². The molecule has 1 aromatic heterocycles. The zero-order valence-corrected chi connectivity index (χ0v) is 12.9. The van der Waals surface area contributed by atoms with E-state index in [9.17, 15) is 4.79 Å². The van der Waals surface area contributed by atoms with E-state index in [1.807, 2.05) is 12.1 Å². The second kappa shape index (κ2) is 5.50. The van der Waals surface area contributed by atoms with Crippen molar-refractivity contribution in [3.05, 3.63) is 59.4 Å². The Labute approximate surface area is 134 Å². The lowest BCUT2D eigenvalue weighted by molar-refractivity contribution is 0.0760. The summed E-state index contributed by atoms with van der Waals surface area (Å²) in [7, 11) is 0. The van der Waals surface area contributed by atoms with Crippen LogP contribution < -0.4 is 4.74 Å². The predicted molar refractivity (Wildman–Crippen MR) is 86.6 cm³/mol. The Bertz CT molecular complexity index is 786. The average Bonchev–Trinajstić information content (AvgIpc) is 3.06. The van der Waals surface area contributed by atoms with Crippen molar-refractivity contribution in [3.63, 3.8) is 0 Å². The Hall–Kier alpha value is -2.69. The van der Waals surface area contributed by atoms with Crippen molar-refractivity contribution < 1.29 is 9.53 Å². The molecule has 116 valence electrons. The minimum absolute atomic E-state index is 0.117. The van der Waals surface area contributed by atoms with Gasteiger partial charge in [0.2, 0.25) is 0 Å². The van der Waals surface area contributed by atoms with E-state index in [0.717, 1.165) is 23.4 Å². The molecule has 1 aromatic carbocycles. The number of aromatic nitrogens is 1. The number of para-hydroxylation sites is 1. The lowest BCUT2D eigenvalue weighted by Gasteiger charge is -2.24. The molecule has 2 aromatic rings. The summed E-state index contributed by atoms with van der Waals surface area (Å²) < 4.78 is 5.96. The van der Waals surface area contributed by atoms with Gasteiger partial charge >= 0.3 is 0 Å². The number of rotatable bonds is 2. The number of hydrazone groups is 1. The van der Waals surface area contributed by atoms with Crippen LogP contribution in [0, 0.1) is 5.92 Å². The highest BCUT2D eigenvalue weighted by Crippen LogP contribution is 2.35. The van der Waals surface area contributed by atoms with Gasteiger partial charge in [0.25, 0.3) is 5.91 Å². The van der Waals surface area contributed by atoms with Gasteiger partial charge in [-0.1, -0.05) is 19.1 Å². The van der Waals surface area contributed by atoms with E-state index in [1.54, 1.807) is 24.5 Å². The molecule has 1 atom stereocenters. The van der Waals surface area contributed by atoms with Crippen molar-refractivity contribution in [2.45, 2.75) is 13.3 Å². The van der Waals surface area contributed by atoms with Crippen molar-refractivity contribution >= 4 is 11.6 Å². The van der Waals surface area contributed by atoms with Gasteiger partial charge in [-0.15, -0.1) is 0 Å². The molecule has 2 aliphatic heterocycles. The summed E-state index contributed by atoms with van der Waals surface area (Å²) in [6.45, 7) is 3.23. The summed E-state index contributed by atoms with van der Waals surface area (Å²) in [6.07, 6.45) is 4.15. The van der Waals surface area contributed by atoms with Gasteiger partial charge in [0.1, 0.15) is 5.75 Å². The number of amides is 1. The first-order chi connectivity index (χ1) is 11.3. The summed E-state index contributed by atoms with van der Waals surface area (Å²) >= 11 is 0. The van der Waals surface area contributed by atoms with Crippen LogP contribution in [-0.4, -0.2) is 34.8 Å². The molecule has 1 amide bonds. The zero-order valence-electron chi connectivity index (χ0n) is 12.9. The fourth-order valence-corrected chi connectivity index (χ4v) is 3.14. The number of pyridine rings is 1. The van der Waals surface area contributed by atoms with Crippen molar-refractivity contribution in [1.29, 1.82) is 0 Å². The Kier molecular flexibility index (Phi) is 3.33. The average molecular weight is 307 g/mol. The fraction of sp³-hybridized carbons (Fsp3) is 0.278. The third-order valence-corrected chi connectivity index (χ3v) is 4.33. The van der Waals surface area contributed by atoms with Gasteiger partial charge < -0.3 is 4.74 Å². The van der Waals surface area contributed by atoms with Gasteiger partial charge in [-0.25, -0.2) is 5.01 Å². The third-order valence-electron chi connectivity index (χ3n) is 4.33. The van der Waals surface area contributed by atoms with Crippen LogP contribution in [0.15, 0.2) is 47.8 Å². The molecule has 0 fully saturated rings. The maximum atomic E-state index is 12.6. The van der Waals surface area contributed by atoms with Crippen LogP contribution in [0.5, 0.6) is 5.75 Å². The quantitative estimate of drug-likeness (QED) is 0.856. The summed E-state index contributed by atoms with van der Waals surface area (Å²) in [4.78, 5) is 16.6. The molecule has 0 aliphatic carbocycles. The minimum atomic E-state index is -0.117. The third kappa shape index (κ3) is 2.29. The Balaban J connectivity index is 1.69. The number of hydrogen-bond donors (Lipinski definition) is 0. The Morgan fingerprint density at radius 3 is 3.04 bits per heavy atom. The second-order valence-electron chi connectivity index (χ2n) is 5.77. The van der Waals surface area contributed by atoms with E-state index in [-0.39, 0.29) is 11.8 Å². The molecule has 0 bridgehead atoms.